The Bertz CT molecular complexity index is 897. The molecule has 3 rings (SSSR count). The molecule has 0 spiro atoms. The lowest BCUT2D eigenvalue weighted by Gasteiger charge is -2.22. The summed E-state index contributed by atoms with van der Waals surface area (Å²) < 4.78 is 0. The van der Waals surface area contributed by atoms with E-state index in [0.717, 1.165) is 16.9 Å². The van der Waals surface area contributed by atoms with Crippen molar-refractivity contribution in [3.8, 4) is 0 Å². The SMILES string of the molecule is O=C(Nc1ccccc1)c1ccc(CN(C(=O)CCl)c2ccccc2)cc1. The summed E-state index contributed by atoms with van der Waals surface area (Å²) in [5, 5.41) is 2.85. The van der Waals surface area contributed by atoms with E-state index in [1.54, 1.807) is 17.0 Å². The minimum absolute atomic E-state index is 0.0908. The van der Waals surface area contributed by atoms with Gasteiger partial charge in [-0.3, -0.25) is 9.59 Å². The van der Waals surface area contributed by atoms with Crippen LogP contribution in [0.4, 0.5) is 11.4 Å². The van der Waals surface area contributed by atoms with E-state index in [0.29, 0.717) is 12.1 Å². The topological polar surface area (TPSA) is 49.4 Å². The van der Waals surface area contributed by atoms with Gasteiger partial charge in [0.15, 0.2) is 0 Å². The van der Waals surface area contributed by atoms with Gasteiger partial charge in [0.05, 0.1) is 6.54 Å². The van der Waals surface area contributed by atoms with Gasteiger partial charge in [0.1, 0.15) is 5.88 Å². The van der Waals surface area contributed by atoms with Crippen molar-refractivity contribution in [2.24, 2.45) is 0 Å². The van der Waals surface area contributed by atoms with Gasteiger partial charge in [-0.1, -0.05) is 48.5 Å². The van der Waals surface area contributed by atoms with E-state index in [-0.39, 0.29) is 17.7 Å². The van der Waals surface area contributed by atoms with Gasteiger partial charge in [0, 0.05) is 16.9 Å². The zero-order chi connectivity index (χ0) is 19.1. The second-order valence-corrected chi connectivity index (χ2v) is 6.23. The van der Waals surface area contributed by atoms with Crippen LogP contribution in [-0.4, -0.2) is 17.7 Å². The highest BCUT2D eigenvalue weighted by Crippen LogP contribution is 2.18. The average Bonchev–Trinajstić information content (AvgIpc) is 2.73. The van der Waals surface area contributed by atoms with Gasteiger partial charge in [-0.25, -0.2) is 0 Å². The number of hydrogen-bond donors (Lipinski definition) is 1. The number of rotatable bonds is 6. The molecule has 0 aliphatic heterocycles. The minimum Gasteiger partial charge on any atom is -0.322 e. The number of benzene rings is 3. The molecule has 0 saturated carbocycles. The first-order valence-electron chi connectivity index (χ1n) is 8.54. The molecule has 0 aliphatic carbocycles. The Hall–Kier alpha value is -3.11. The van der Waals surface area contributed by atoms with Crippen LogP contribution in [0.2, 0.25) is 0 Å². The Morgan fingerprint density at radius 1 is 0.815 bits per heavy atom. The van der Waals surface area contributed by atoms with Crippen LogP contribution in [0, 0.1) is 0 Å². The first-order chi connectivity index (χ1) is 13.2. The monoisotopic (exact) mass is 378 g/mol. The molecule has 0 heterocycles. The number of anilines is 2. The highest BCUT2D eigenvalue weighted by atomic mass is 35.5. The molecular formula is C22H19ClN2O2. The molecule has 0 unspecified atom stereocenters. The van der Waals surface area contributed by atoms with Crippen LogP contribution < -0.4 is 10.2 Å². The number of halogens is 1. The molecule has 1 N–H and O–H groups in total. The van der Waals surface area contributed by atoms with Crippen molar-refractivity contribution in [2.75, 3.05) is 16.1 Å². The fraction of sp³-hybridized carbons (Fsp3) is 0.0909. The molecule has 0 fully saturated rings. The Morgan fingerprint density at radius 3 is 2.00 bits per heavy atom. The number of amides is 2. The van der Waals surface area contributed by atoms with E-state index in [2.05, 4.69) is 5.32 Å². The summed E-state index contributed by atoms with van der Waals surface area (Å²) in [4.78, 5) is 26.2. The first kappa shape index (κ1) is 18.7. The van der Waals surface area contributed by atoms with E-state index in [9.17, 15) is 9.59 Å². The molecule has 0 bridgehead atoms. The van der Waals surface area contributed by atoms with Crippen molar-refractivity contribution < 1.29 is 9.59 Å². The Morgan fingerprint density at radius 2 is 1.41 bits per heavy atom. The van der Waals surface area contributed by atoms with Crippen LogP contribution in [0.15, 0.2) is 84.9 Å². The van der Waals surface area contributed by atoms with Gasteiger partial charge in [0.2, 0.25) is 5.91 Å². The highest BCUT2D eigenvalue weighted by Gasteiger charge is 2.15. The Kier molecular flexibility index (Phi) is 6.23. The number of alkyl halides is 1. The smallest absolute Gasteiger partial charge is 0.255 e. The van der Waals surface area contributed by atoms with E-state index in [4.69, 9.17) is 11.6 Å². The molecule has 0 atom stereocenters. The van der Waals surface area contributed by atoms with Crippen LogP contribution in [0.25, 0.3) is 0 Å². The van der Waals surface area contributed by atoms with Crippen LogP contribution >= 0.6 is 11.6 Å². The number of carbonyl (C=O) groups is 2. The summed E-state index contributed by atoms with van der Waals surface area (Å²) in [6, 6.07) is 25.9. The summed E-state index contributed by atoms with van der Waals surface area (Å²) in [6.45, 7) is 0.385. The van der Waals surface area contributed by atoms with Gasteiger partial charge in [-0.2, -0.15) is 0 Å². The third kappa shape index (κ3) is 4.96. The van der Waals surface area contributed by atoms with Crippen LogP contribution in [0.1, 0.15) is 15.9 Å². The lowest BCUT2D eigenvalue weighted by molar-refractivity contribution is -0.116. The maximum atomic E-state index is 12.3. The second-order valence-electron chi connectivity index (χ2n) is 5.97. The van der Waals surface area contributed by atoms with Gasteiger partial charge in [0.25, 0.3) is 5.91 Å². The van der Waals surface area contributed by atoms with Crippen LogP contribution in [0.5, 0.6) is 0 Å². The summed E-state index contributed by atoms with van der Waals surface area (Å²) in [5.74, 6) is -0.440. The zero-order valence-electron chi connectivity index (χ0n) is 14.6. The van der Waals surface area contributed by atoms with Crippen molar-refractivity contribution in [2.45, 2.75) is 6.54 Å². The molecule has 2 amide bonds. The molecule has 5 heteroatoms. The molecule has 0 radical (unpaired) electrons. The average molecular weight is 379 g/mol. The number of carbonyl (C=O) groups excluding carboxylic acids is 2. The standard InChI is InChI=1S/C22H19ClN2O2/c23-15-21(26)25(20-9-5-2-6-10-20)16-17-11-13-18(14-12-17)22(27)24-19-7-3-1-4-8-19/h1-14H,15-16H2,(H,24,27). The molecular weight excluding hydrogens is 360 g/mol. The largest absolute Gasteiger partial charge is 0.322 e. The molecule has 0 saturated heterocycles. The number of para-hydroxylation sites is 2. The minimum atomic E-state index is -0.176. The fourth-order valence-corrected chi connectivity index (χ4v) is 2.82. The van der Waals surface area contributed by atoms with Crippen LogP contribution in [0.3, 0.4) is 0 Å². The summed E-state index contributed by atoms with van der Waals surface area (Å²) in [7, 11) is 0. The molecule has 4 nitrogen and oxygen atoms in total. The molecule has 27 heavy (non-hydrogen) atoms. The van der Waals surface area contributed by atoms with Gasteiger partial charge in [-0.15, -0.1) is 11.6 Å². The number of hydrogen-bond acceptors (Lipinski definition) is 2. The normalized spacial score (nSPS) is 10.3. The maximum Gasteiger partial charge on any atom is 0.255 e. The maximum absolute atomic E-state index is 12.3. The number of nitrogens with one attached hydrogen (secondary N) is 1. The van der Waals surface area contributed by atoms with E-state index in [1.807, 2.05) is 72.8 Å². The van der Waals surface area contributed by atoms with Gasteiger partial charge in [-0.05, 0) is 42.0 Å². The predicted molar refractivity (Wildman–Crippen MR) is 109 cm³/mol. The Balaban J connectivity index is 1.72. The van der Waals surface area contributed by atoms with Crippen LogP contribution in [-0.2, 0) is 11.3 Å². The number of nitrogens with zero attached hydrogens (tertiary/aromatic N) is 1. The molecule has 0 aliphatic rings. The predicted octanol–water partition coefficient (Wildman–Crippen LogP) is 4.71. The highest BCUT2D eigenvalue weighted by molar-refractivity contribution is 6.29. The van der Waals surface area contributed by atoms with Crippen molar-refractivity contribution in [1.29, 1.82) is 0 Å². The van der Waals surface area contributed by atoms with Gasteiger partial charge >= 0.3 is 0 Å². The zero-order valence-corrected chi connectivity index (χ0v) is 15.4. The first-order valence-corrected chi connectivity index (χ1v) is 9.07. The lowest BCUT2D eigenvalue weighted by atomic mass is 10.1. The molecule has 136 valence electrons. The lowest BCUT2D eigenvalue weighted by Crippen LogP contribution is -2.31. The summed E-state index contributed by atoms with van der Waals surface area (Å²) in [6.07, 6.45) is 0. The van der Waals surface area contributed by atoms with E-state index >= 15 is 0 Å². The van der Waals surface area contributed by atoms with Crippen molar-refractivity contribution >= 4 is 34.8 Å². The third-order valence-corrected chi connectivity index (χ3v) is 4.30. The second kappa shape index (κ2) is 9.01. The molecule has 3 aromatic carbocycles. The summed E-state index contributed by atoms with van der Waals surface area (Å²) in [5.41, 5.74) is 3.00. The Labute approximate surface area is 163 Å². The quantitative estimate of drug-likeness (QED) is 0.631. The third-order valence-electron chi connectivity index (χ3n) is 4.07. The van der Waals surface area contributed by atoms with Gasteiger partial charge < -0.3 is 10.2 Å². The fourth-order valence-electron chi connectivity index (χ4n) is 2.67. The molecule has 0 aromatic heterocycles. The molecule has 3 aromatic rings. The van der Waals surface area contributed by atoms with E-state index < -0.39 is 0 Å². The summed E-state index contributed by atoms with van der Waals surface area (Å²) >= 11 is 5.76. The van der Waals surface area contributed by atoms with E-state index in [1.165, 1.54) is 0 Å². The van der Waals surface area contributed by atoms with Crippen molar-refractivity contribution in [3.63, 3.8) is 0 Å². The van der Waals surface area contributed by atoms with Crippen molar-refractivity contribution in [3.05, 3.63) is 96.1 Å². The van der Waals surface area contributed by atoms with Crippen molar-refractivity contribution in [1.82, 2.24) is 0 Å².